The topological polar surface area (TPSA) is 43.7 Å². The molecule has 1 saturated heterocycles. The zero-order chi connectivity index (χ0) is 13.5. The molecule has 2 unspecified atom stereocenters. The number of nitrogens with zero attached hydrogens (tertiary/aromatic N) is 1. The Morgan fingerprint density at radius 3 is 2.78 bits per heavy atom. The van der Waals surface area contributed by atoms with Crippen LogP contribution in [0.3, 0.4) is 0 Å². The molecule has 3 heteroatoms. The number of rotatable bonds is 5. The van der Waals surface area contributed by atoms with E-state index in [9.17, 15) is 10.2 Å². The molecule has 3 nitrogen and oxygen atoms in total. The highest BCUT2D eigenvalue weighted by atomic mass is 16.3. The van der Waals surface area contributed by atoms with E-state index < -0.39 is 0 Å². The maximum atomic E-state index is 9.58. The standard InChI is InChI=1S/C15H25NO2/c1-12(2)5-4-6-13(3)10-16-8-7-15(18)9-14(16)11-17/h4-6,14-15,17-18H,3,7-11H2,1-2H3/b6-4-. The van der Waals surface area contributed by atoms with E-state index in [1.807, 2.05) is 12.2 Å². The quantitative estimate of drug-likeness (QED) is 0.733. The third kappa shape index (κ3) is 5.17. The van der Waals surface area contributed by atoms with Gasteiger partial charge in [0.25, 0.3) is 0 Å². The predicted molar refractivity (Wildman–Crippen MR) is 75.4 cm³/mol. The first-order chi connectivity index (χ1) is 8.52. The Hall–Kier alpha value is -0.900. The Morgan fingerprint density at radius 1 is 1.44 bits per heavy atom. The summed E-state index contributed by atoms with van der Waals surface area (Å²) in [4.78, 5) is 2.20. The van der Waals surface area contributed by atoms with Crippen molar-refractivity contribution in [1.82, 2.24) is 4.90 Å². The van der Waals surface area contributed by atoms with Gasteiger partial charge >= 0.3 is 0 Å². The predicted octanol–water partition coefficient (Wildman–Crippen LogP) is 1.88. The third-order valence-corrected chi connectivity index (χ3v) is 3.19. The molecular weight excluding hydrogens is 226 g/mol. The van der Waals surface area contributed by atoms with Crippen LogP contribution in [-0.4, -0.2) is 47.0 Å². The van der Waals surface area contributed by atoms with Gasteiger partial charge in [-0.05, 0) is 32.3 Å². The van der Waals surface area contributed by atoms with Crippen LogP contribution in [-0.2, 0) is 0 Å². The molecule has 0 aromatic heterocycles. The van der Waals surface area contributed by atoms with Gasteiger partial charge in [0, 0.05) is 19.1 Å². The highest BCUT2D eigenvalue weighted by Crippen LogP contribution is 2.18. The molecule has 0 radical (unpaired) electrons. The highest BCUT2D eigenvalue weighted by molar-refractivity contribution is 5.22. The molecule has 1 aliphatic rings. The van der Waals surface area contributed by atoms with Gasteiger partial charge in [-0.15, -0.1) is 0 Å². The van der Waals surface area contributed by atoms with Crippen molar-refractivity contribution < 1.29 is 10.2 Å². The summed E-state index contributed by atoms with van der Waals surface area (Å²) in [5.74, 6) is 0. The molecule has 1 aliphatic heterocycles. The molecule has 0 amide bonds. The van der Waals surface area contributed by atoms with E-state index in [0.717, 1.165) is 25.1 Å². The second kappa shape index (κ2) is 7.52. The lowest BCUT2D eigenvalue weighted by Gasteiger charge is -2.37. The average molecular weight is 251 g/mol. The molecule has 0 spiro atoms. The van der Waals surface area contributed by atoms with E-state index in [4.69, 9.17) is 0 Å². The SMILES string of the molecule is C=C(/C=C\C=C(C)C)CN1CCC(O)CC1CO. The Balaban J connectivity index is 2.48. The van der Waals surface area contributed by atoms with Crippen LogP contribution < -0.4 is 0 Å². The number of likely N-dealkylation sites (tertiary alicyclic amines) is 1. The van der Waals surface area contributed by atoms with Crippen molar-refractivity contribution in [2.24, 2.45) is 0 Å². The number of allylic oxidation sites excluding steroid dienone is 3. The van der Waals surface area contributed by atoms with Gasteiger partial charge < -0.3 is 10.2 Å². The van der Waals surface area contributed by atoms with Crippen molar-refractivity contribution in [3.8, 4) is 0 Å². The van der Waals surface area contributed by atoms with Crippen molar-refractivity contribution in [3.05, 3.63) is 36.0 Å². The van der Waals surface area contributed by atoms with E-state index >= 15 is 0 Å². The zero-order valence-electron chi connectivity index (χ0n) is 11.5. The van der Waals surface area contributed by atoms with Gasteiger partial charge in [0.05, 0.1) is 12.7 Å². The summed E-state index contributed by atoms with van der Waals surface area (Å²) >= 11 is 0. The largest absolute Gasteiger partial charge is 0.395 e. The second-order valence-corrected chi connectivity index (χ2v) is 5.25. The van der Waals surface area contributed by atoms with E-state index in [2.05, 4.69) is 31.4 Å². The van der Waals surface area contributed by atoms with Gasteiger partial charge in [0.2, 0.25) is 0 Å². The third-order valence-electron chi connectivity index (χ3n) is 3.19. The van der Waals surface area contributed by atoms with E-state index in [0.29, 0.717) is 6.42 Å². The molecule has 0 bridgehead atoms. The fourth-order valence-electron chi connectivity index (χ4n) is 2.17. The first kappa shape index (κ1) is 15.2. The molecule has 102 valence electrons. The first-order valence-corrected chi connectivity index (χ1v) is 6.55. The summed E-state index contributed by atoms with van der Waals surface area (Å²) in [5, 5.41) is 18.9. The second-order valence-electron chi connectivity index (χ2n) is 5.25. The molecule has 2 N–H and O–H groups in total. The van der Waals surface area contributed by atoms with Crippen molar-refractivity contribution in [2.45, 2.75) is 38.8 Å². The lowest BCUT2D eigenvalue weighted by atomic mass is 9.99. The lowest BCUT2D eigenvalue weighted by Crippen LogP contribution is -2.46. The summed E-state index contributed by atoms with van der Waals surface area (Å²) in [7, 11) is 0. The molecule has 0 aromatic rings. The first-order valence-electron chi connectivity index (χ1n) is 6.55. The Kier molecular flexibility index (Phi) is 6.33. The molecule has 0 saturated carbocycles. The van der Waals surface area contributed by atoms with Crippen LogP contribution in [0.1, 0.15) is 26.7 Å². The minimum atomic E-state index is -0.270. The van der Waals surface area contributed by atoms with Crippen LogP contribution in [0, 0.1) is 0 Å². The van der Waals surface area contributed by atoms with Crippen LogP contribution in [0.4, 0.5) is 0 Å². The van der Waals surface area contributed by atoms with Crippen LogP contribution in [0.5, 0.6) is 0 Å². The van der Waals surface area contributed by atoms with Crippen LogP contribution >= 0.6 is 0 Å². The van der Waals surface area contributed by atoms with Crippen molar-refractivity contribution in [2.75, 3.05) is 19.7 Å². The van der Waals surface area contributed by atoms with Gasteiger partial charge in [0.15, 0.2) is 0 Å². The monoisotopic (exact) mass is 251 g/mol. The van der Waals surface area contributed by atoms with Crippen molar-refractivity contribution in [1.29, 1.82) is 0 Å². The molecule has 0 aliphatic carbocycles. The molecule has 2 atom stereocenters. The maximum absolute atomic E-state index is 9.58. The Morgan fingerprint density at radius 2 is 2.17 bits per heavy atom. The van der Waals surface area contributed by atoms with Gasteiger partial charge in [-0.25, -0.2) is 0 Å². The smallest absolute Gasteiger partial charge is 0.0587 e. The fourth-order valence-corrected chi connectivity index (χ4v) is 2.17. The van der Waals surface area contributed by atoms with Crippen LogP contribution in [0.15, 0.2) is 36.0 Å². The summed E-state index contributed by atoms with van der Waals surface area (Å²) in [6.07, 6.45) is 7.22. The summed E-state index contributed by atoms with van der Waals surface area (Å²) in [6, 6.07) is 0.0577. The Bertz CT molecular complexity index is 329. The number of hydrogen-bond donors (Lipinski definition) is 2. The fraction of sp³-hybridized carbons (Fsp3) is 0.600. The van der Waals surface area contributed by atoms with Crippen molar-refractivity contribution >= 4 is 0 Å². The summed E-state index contributed by atoms with van der Waals surface area (Å²) in [6.45, 7) is 9.82. The average Bonchev–Trinajstić information content (AvgIpc) is 2.31. The molecule has 1 rings (SSSR count). The van der Waals surface area contributed by atoms with Gasteiger partial charge in [-0.3, -0.25) is 4.90 Å². The lowest BCUT2D eigenvalue weighted by molar-refractivity contribution is 0.0223. The van der Waals surface area contributed by atoms with Crippen LogP contribution in [0.2, 0.25) is 0 Å². The number of aliphatic hydroxyl groups excluding tert-OH is 2. The Labute approximate surface area is 110 Å². The summed E-state index contributed by atoms with van der Waals surface area (Å²) < 4.78 is 0. The minimum absolute atomic E-state index is 0.0577. The number of piperidine rings is 1. The van der Waals surface area contributed by atoms with E-state index in [1.54, 1.807) is 0 Å². The van der Waals surface area contributed by atoms with Gasteiger partial charge in [0.1, 0.15) is 0 Å². The van der Waals surface area contributed by atoms with E-state index in [1.165, 1.54) is 5.57 Å². The molecular formula is C15H25NO2. The molecule has 1 heterocycles. The van der Waals surface area contributed by atoms with Gasteiger partial charge in [-0.1, -0.05) is 30.4 Å². The number of aliphatic hydroxyl groups is 2. The van der Waals surface area contributed by atoms with Crippen LogP contribution in [0.25, 0.3) is 0 Å². The summed E-state index contributed by atoms with van der Waals surface area (Å²) in [5.41, 5.74) is 2.29. The number of hydrogen-bond acceptors (Lipinski definition) is 3. The maximum Gasteiger partial charge on any atom is 0.0587 e. The molecule has 1 fully saturated rings. The molecule has 0 aromatic carbocycles. The molecule has 18 heavy (non-hydrogen) atoms. The van der Waals surface area contributed by atoms with Crippen molar-refractivity contribution in [3.63, 3.8) is 0 Å². The highest BCUT2D eigenvalue weighted by Gasteiger charge is 2.26. The van der Waals surface area contributed by atoms with E-state index in [-0.39, 0.29) is 18.8 Å². The van der Waals surface area contributed by atoms with Gasteiger partial charge in [-0.2, -0.15) is 0 Å². The minimum Gasteiger partial charge on any atom is -0.395 e. The normalized spacial score (nSPS) is 25.3. The zero-order valence-corrected chi connectivity index (χ0v) is 11.5.